The molecule has 0 saturated carbocycles. The van der Waals surface area contributed by atoms with E-state index in [1.54, 1.807) is 20.1 Å². The van der Waals surface area contributed by atoms with Crippen molar-refractivity contribution in [2.45, 2.75) is 26.4 Å². The van der Waals surface area contributed by atoms with Crippen LogP contribution in [0, 0.1) is 0 Å². The first kappa shape index (κ1) is 15.3. The van der Waals surface area contributed by atoms with Crippen molar-refractivity contribution < 1.29 is 14.3 Å². The van der Waals surface area contributed by atoms with Crippen LogP contribution in [-0.2, 0) is 11.2 Å². The molecule has 0 aliphatic heterocycles. The van der Waals surface area contributed by atoms with E-state index in [1.807, 2.05) is 19.1 Å². The number of rotatable bonds is 7. The number of methoxy groups -OCH3 is 1. The Morgan fingerprint density at radius 2 is 2.21 bits per heavy atom. The first-order chi connectivity index (χ1) is 9.12. The Kier molecular flexibility index (Phi) is 6.15. The Labute approximate surface area is 114 Å². The smallest absolute Gasteiger partial charge is 0.260 e. The van der Waals surface area contributed by atoms with Gasteiger partial charge in [-0.2, -0.15) is 0 Å². The second-order valence-corrected chi connectivity index (χ2v) is 4.17. The highest BCUT2D eigenvalue weighted by atomic mass is 16.5. The third-order valence-electron chi connectivity index (χ3n) is 2.71. The minimum Gasteiger partial charge on any atom is -0.497 e. The minimum atomic E-state index is -0.552. The van der Waals surface area contributed by atoms with Gasteiger partial charge in [0.25, 0.3) is 5.91 Å². The minimum absolute atomic E-state index is 0.135. The van der Waals surface area contributed by atoms with E-state index < -0.39 is 6.10 Å². The molecule has 0 fully saturated rings. The number of carbonyl (C=O) groups is 1. The summed E-state index contributed by atoms with van der Waals surface area (Å²) in [7, 11) is 1.59. The van der Waals surface area contributed by atoms with Crippen molar-refractivity contribution in [3.63, 3.8) is 0 Å². The molecule has 0 aliphatic carbocycles. The van der Waals surface area contributed by atoms with Crippen LogP contribution < -0.4 is 20.5 Å². The van der Waals surface area contributed by atoms with Crippen LogP contribution >= 0.6 is 0 Å². The van der Waals surface area contributed by atoms with E-state index in [9.17, 15) is 4.79 Å². The van der Waals surface area contributed by atoms with Gasteiger partial charge in [0, 0.05) is 12.6 Å². The van der Waals surface area contributed by atoms with Crippen molar-refractivity contribution in [1.29, 1.82) is 0 Å². The Balaban J connectivity index is 2.87. The highest BCUT2D eigenvalue weighted by molar-refractivity contribution is 5.80. The van der Waals surface area contributed by atoms with Gasteiger partial charge in [0.15, 0.2) is 6.10 Å². The van der Waals surface area contributed by atoms with Crippen molar-refractivity contribution in [3.05, 3.63) is 23.8 Å². The van der Waals surface area contributed by atoms with Gasteiger partial charge in [-0.3, -0.25) is 4.79 Å². The molecule has 1 amide bonds. The van der Waals surface area contributed by atoms with Crippen molar-refractivity contribution in [2.75, 3.05) is 20.2 Å². The van der Waals surface area contributed by atoms with Gasteiger partial charge in [0.2, 0.25) is 0 Å². The number of amides is 1. The molecule has 0 aromatic heterocycles. The van der Waals surface area contributed by atoms with E-state index in [0.29, 0.717) is 31.0 Å². The lowest BCUT2D eigenvalue weighted by atomic mass is 10.1. The number of carbonyl (C=O) groups excluding carboxylic acids is 1. The van der Waals surface area contributed by atoms with Crippen LogP contribution in [0.4, 0.5) is 0 Å². The highest BCUT2D eigenvalue weighted by Crippen LogP contribution is 2.26. The lowest BCUT2D eigenvalue weighted by Gasteiger charge is -2.17. The normalized spacial score (nSPS) is 11.8. The lowest BCUT2D eigenvalue weighted by Crippen LogP contribution is -2.36. The summed E-state index contributed by atoms with van der Waals surface area (Å²) in [4.78, 5) is 11.7. The standard InChI is InChI=1S/C14H22N2O3/c1-4-16-14(17)10(2)19-13-9-12(18-3)6-5-11(13)7-8-15/h5-6,9-10H,4,7-8,15H2,1-3H3,(H,16,17). The number of benzene rings is 1. The molecule has 0 radical (unpaired) electrons. The highest BCUT2D eigenvalue weighted by Gasteiger charge is 2.15. The third-order valence-corrected chi connectivity index (χ3v) is 2.71. The Morgan fingerprint density at radius 1 is 1.47 bits per heavy atom. The van der Waals surface area contributed by atoms with E-state index in [2.05, 4.69) is 5.32 Å². The van der Waals surface area contributed by atoms with Crippen molar-refractivity contribution in [1.82, 2.24) is 5.32 Å². The summed E-state index contributed by atoms with van der Waals surface area (Å²) < 4.78 is 10.9. The zero-order valence-electron chi connectivity index (χ0n) is 11.7. The van der Waals surface area contributed by atoms with Crippen LogP contribution in [0.5, 0.6) is 11.5 Å². The maximum absolute atomic E-state index is 11.7. The summed E-state index contributed by atoms with van der Waals surface area (Å²) in [5.74, 6) is 1.20. The SMILES string of the molecule is CCNC(=O)C(C)Oc1cc(OC)ccc1CCN. The fourth-order valence-corrected chi connectivity index (χ4v) is 1.70. The molecule has 19 heavy (non-hydrogen) atoms. The predicted molar refractivity (Wildman–Crippen MR) is 74.5 cm³/mol. The van der Waals surface area contributed by atoms with Crippen LogP contribution in [-0.4, -0.2) is 32.2 Å². The number of hydrogen-bond acceptors (Lipinski definition) is 4. The second kappa shape index (κ2) is 7.63. The van der Waals surface area contributed by atoms with Gasteiger partial charge in [-0.15, -0.1) is 0 Å². The maximum atomic E-state index is 11.7. The first-order valence-corrected chi connectivity index (χ1v) is 6.43. The fraction of sp³-hybridized carbons (Fsp3) is 0.500. The Hall–Kier alpha value is -1.75. The molecule has 0 heterocycles. The third kappa shape index (κ3) is 4.44. The van der Waals surface area contributed by atoms with Gasteiger partial charge in [-0.1, -0.05) is 6.07 Å². The molecule has 1 aromatic carbocycles. The Morgan fingerprint density at radius 3 is 2.79 bits per heavy atom. The summed E-state index contributed by atoms with van der Waals surface area (Å²) in [6.07, 6.45) is 0.144. The van der Waals surface area contributed by atoms with Crippen LogP contribution in [0.1, 0.15) is 19.4 Å². The van der Waals surface area contributed by atoms with E-state index in [-0.39, 0.29) is 5.91 Å². The molecule has 1 atom stereocenters. The zero-order chi connectivity index (χ0) is 14.3. The number of hydrogen-bond donors (Lipinski definition) is 2. The number of nitrogens with two attached hydrogens (primary N) is 1. The van der Waals surface area contributed by atoms with E-state index in [1.165, 1.54) is 0 Å². The molecule has 0 spiro atoms. The predicted octanol–water partition coefficient (Wildman–Crippen LogP) is 1.10. The van der Waals surface area contributed by atoms with Crippen molar-refractivity contribution >= 4 is 5.91 Å². The monoisotopic (exact) mass is 266 g/mol. The second-order valence-electron chi connectivity index (χ2n) is 4.17. The molecule has 5 heteroatoms. The number of ether oxygens (including phenoxy) is 2. The van der Waals surface area contributed by atoms with E-state index in [0.717, 1.165) is 5.56 Å². The Bertz CT molecular complexity index is 421. The van der Waals surface area contributed by atoms with Crippen LogP contribution in [0.2, 0.25) is 0 Å². The van der Waals surface area contributed by atoms with Gasteiger partial charge in [0.05, 0.1) is 7.11 Å². The topological polar surface area (TPSA) is 73.6 Å². The molecule has 5 nitrogen and oxygen atoms in total. The summed E-state index contributed by atoms with van der Waals surface area (Å²) in [5, 5.41) is 2.73. The van der Waals surface area contributed by atoms with Gasteiger partial charge in [-0.25, -0.2) is 0 Å². The summed E-state index contributed by atoms with van der Waals surface area (Å²) in [5.41, 5.74) is 6.54. The molecule has 0 saturated heterocycles. The molecule has 1 unspecified atom stereocenters. The molecule has 0 aliphatic rings. The van der Waals surface area contributed by atoms with E-state index in [4.69, 9.17) is 15.2 Å². The molecular weight excluding hydrogens is 244 g/mol. The molecule has 3 N–H and O–H groups in total. The van der Waals surface area contributed by atoms with Crippen molar-refractivity contribution in [2.24, 2.45) is 5.73 Å². The van der Waals surface area contributed by atoms with Gasteiger partial charge >= 0.3 is 0 Å². The van der Waals surface area contributed by atoms with Crippen LogP contribution in [0.15, 0.2) is 18.2 Å². The molecule has 1 aromatic rings. The average molecular weight is 266 g/mol. The summed E-state index contributed by atoms with van der Waals surface area (Å²) in [6, 6.07) is 5.54. The number of likely N-dealkylation sites (N-methyl/N-ethyl adjacent to an activating group) is 1. The largest absolute Gasteiger partial charge is 0.497 e. The zero-order valence-corrected chi connectivity index (χ0v) is 11.7. The molecule has 106 valence electrons. The molecular formula is C14H22N2O3. The van der Waals surface area contributed by atoms with E-state index >= 15 is 0 Å². The van der Waals surface area contributed by atoms with Gasteiger partial charge in [-0.05, 0) is 38.4 Å². The van der Waals surface area contributed by atoms with Crippen molar-refractivity contribution in [3.8, 4) is 11.5 Å². The van der Waals surface area contributed by atoms with Gasteiger partial charge < -0.3 is 20.5 Å². The van der Waals surface area contributed by atoms with Crippen LogP contribution in [0.25, 0.3) is 0 Å². The molecule has 1 rings (SSSR count). The average Bonchev–Trinajstić information content (AvgIpc) is 2.41. The fourth-order valence-electron chi connectivity index (χ4n) is 1.70. The summed E-state index contributed by atoms with van der Waals surface area (Å²) in [6.45, 7) is 4.70. The van der Waals surface area contributed by atoms with Crippen LogP contribution in [0.3, 0.4) is 0 Å². The summed E-state index contributed by atoms with van der Waals surface area (Å²) >= 11 is 0. The lowest BCUT2D eigenvalue weighted by molar-refractivity contribution is -0.127. The van der Waals surface area contributed by atoms with Gasteiger partial charge in [0.1, 0.15) is 11.5 Å². The maximum Gasteiger partial charge on any atom is 0.260 e. The number of nitrogens with one attached hydrogen (secondary N) is 1. The first-order valence-electron chi connectivity index (χ1n) is 6.43. The molecule has 0 bridgehead atoms. The quantitative estimate of drug-likeness (QED) is 0.775.